The van der Waals surface area contributed by atoms with Crippen LogP contribution < -0.4 is 5.32 Å². The maximum absolute atomic E-state index is 13.0. The summed E-state index contributed by atoms with van der Waals surface area (Å²) >= 11 is 0. The summed E-state index contributed by atoms with van der Waals surface area (Å²) in [6.07, 6.45) is 1.66. The molecule has 0 aliphatic carbocycles. The van der Waals surface area contributed by atoms with Crippen molar-refractivity contribution in [1.82, 2.24) is 9.46 Å². The van der Waals surface area contributed by atoms with Crippen molar-refractivity contribution in [2.24, 2.45) is 0 Å². The highest BCUT2D eigenvalue weighted by molar-refractivity contribution is 7.89. The van der Waals surface area contributed by atoms with Gasteiger partial charge in [-0.2, -0.15) is 4.31 Å². The number of hydrogen-bond donors (Lipinski definition) is 1. The molecule has 0 saturated carbocycles. The number of benzene rings is 1. The molecule has 2 heterocycles. The molecule has 0 atom stereocenters. The minimum Gasteiger partial charge on any atom is -0.379 e. The number of nitrogens with zero attached hydrogens (tertiary/aromatic N) is 2. The minimum atomic E-state index is -3.53. The summed E-state index contributed by atoms with van der Waals surface area (Å²) in [7, 11) is -3.53. The van der Waals surface area contributed by atoms with Crippen LogP contribution in [0.3, 0.4) is 0 Å². The van der Waals surface area contributed by atoms with Crippen LogP contribution in [0.1, 0.15) is 36.6 Å². The average Bonchev–Trinajstić information content (AvgIpc) is 3.10. The molecule has 0 radical (unpaired) electrons. The van der Waals surface area contributed by atoms with Crippen molar-refractivity contribution in [3.05, 3.63) is 41.3 Å². The Bertz CT molecular complexity index is 855. The van der Waals surface area contributed by atoms with Gasteiger partial charge >= 0.3 is 0 Å². The number of sulfonamides is 1. The SMILES string of the molecule is Cc1ccc(NCc2nocc2C(C)C)cc1S(=O)(=O)N1CCOCC1. The first-order valence-corrected chi connectivity index (χ1v) is 10.2. The molecule has 26 heavy (non-hydrogen) atoms. The Morgan fingerprint density at radius 2 is 2.00 bits per heavy atom. The fraction of sp³-hybridized carbons (Fsp3) is 0.500. The molecule has 142 valence electrons. The molecule has 0 amide bonds. The molecule has 7 nitrogen and oxygen atoms in total. The van der Waals surface area contributed by atoms with E-state index in [1.807, 2.05) is 19.1 Å². The summed E-state index contributed by atoms with van der Waals surface area (Å²) in [4.78, 5) is 0.327. The molecule has 2 aromatic rings. The normalized spacial score (nSPS) is 16.2. The first-order chi connectivity index (χ1) is 12.4. The van der Waals surface area contributed by atoms with Crippen molar-refractivity contribution in [1.29, 1.82) is 0 Å². The number of hydrogen-bond acceptors (Lipinski definition) is 6. The van der Waals surface area contributed by atoms with Gasteiger partial charge in [0.2, 0.25) is 10.0 Å². The highest BCUT2D eigenvalue weighted by Crippen LogP contribution is 2.25. The van der Waals surface area contributed by atoms with Gasteiger partial charge in [0.1, 0.15) is 12.0 Å². The molecule has 0 bridgehead atoms. The Balaban J connectivity index is 1.80. The van der Waals surface area contributed by atoms with Gasteiger partial charge in [-0.25, -0.2) is 8.42 Å². The molecule has 1 aromatic heterocycles. The lowest BCUT2D eigenvalue weighted by molar-refractivity contribution is 0.0730. The number of rotatable bonds is 6. The van der Waals surface area contributed by atoms with Crippen molar-refractivity contribution < 1.29 is 17.7 Å². The van der Waals surface area contributed by atoms with Crippen LogP contribution in [-0.2, 0) is 21.3 Å². The van der Waals surface area contributed by atoms with Gasteiger partial charge in [0.25, 0.3) is 0 Å². The summed E-state index contributed by atoms with van der Waals surface area (Å²) < 4.78 is 37.7. The fourth-order valence-electron chi connectivity index (χ4n) is 2.97. The van der Waals surface area contributed by atoms with E-state index in [9.17, 15) is 8.42 Å². The van der Waals surface area contributed by atoms with Crippen LogP contribution in [0.2, 0.25) is 0 Å². The second-order valence-electron chi connectivity index (χ2n) is 6.72. The van der Waals surface area contributed by atoms with Gasteiger partial charge in [-0.1, -0.05) is 25.1 Å². The van der Waals surface area contributed by atoms with E-state index < -0.39 is 10.0 Å². The molecule has 1 aromatic carbocycles. The summed E-state index contributed by atoms with van der Waals surface area (Å²) in [5.74, 6) is 0.313. The van der Waals surface area contributed by atoms with Crippen molar-refractivity contribution in [2.45, 2.75) is 38.1 Å². The molecule has 1 saturated heterocycles. The van der Waals surface area contributed by atoms with Gasteiger partial charge in [-0.3, -0.25) is 0 Å². The highest BCUT2D eigenvalue weighted by Gasteiger charge is 2.28. The monoisotopic (exact) mass is 379 g/mol. The lowest BCUT2D eigenvalue weighted by atomic mass is 10.0. The van der Waals surface area contributed by atoms with Gasteiger partial charge < -0.3 is 14.6 Å². The van der Waals surface area contributed by atoms with E-state index in [0.29, 0.717) is 43.7 Å². The maximum Gasteiger partial charge on any atom is 0.243 e. The van der Waals surface area contributed by atoms with Crippen LogP contribution in [-0.4, -0.2) is 44.2 Å². The molecule has 1 aliphatic heterocycles. The Morgan fingerprint density at radius 3 is 2.69 bits per heavy atom. The minimum absolute atomic E-state index is 0.313. The van der Waals surface area contributed by atoms with E-state index in [4.69, 9.17) is 9.26 Å². The summed E-state index contributed by atoms with van der Waals surface area (Å²) in [6, 6.07) is 5.39. The third-order valence-corrected chi connectivity index (χ3v) is 6.57. The van der Waals surface area contributed by atoms with Crippen molar-refractivity contribution in [3.8, 4) is 0 Å². The quantitative estimate of drug-likeness (QED) is 0.831. The van der Waals surface area contributed by atoms with E-state index in [2.05, 4.69) is 24.3 Å². The maximum atomic E-state index is 13.0. The number of ether oxygens (including phenoxy) is 1. The second-order valence-corrected chi connectivity index (χ2v) is 8.63. The van der Waals surface area contributed by atoms with Gasteiger partial charge in [-0.05, 0) is 30.5 Å². The van der Waals surface area contributed by atoms with Gasteiger partial charge in [-0.15, -0.1) is 0 Å². The summed E-state index contributed by atoms with van der Waals surface area (Å²) in [5.41, 5.74) is 3.34. The Labute approximate surface area is 154 Å². The third kappa shape index (κ3) is 3.92. The van der Waals surface area contributed by atoms with Crippen molar-refractivity contribution in [3.63, 3.8) is 0 Å². The zero-order valence-electron chi connectivity index (χ0n) is 15.4. The number of morpholine rings is 1. The molecule has 8 heteroatoms. The average molecular weight is 379 g/mol. The van der Waals surface area contributed by atoms with Crippen molar-refractivity contribution >= 4 is 15.7 Å². The molecule has 0 spiro atoms. The number of aryl methyl sites for hydroxylation is 1. The summed E-state index contributed by atoms with van der Waals surface area (Å²) in [6.45, 7) is 8.08. The molecule has 1 aliphatic rings. The smallest absolute Gasteiger partial charge is 0.243 e. The molecule has 0 unspecified atom stereocenters. The summed E-state index contributed by atoms with van der Waals surface area (Å²) in [5, 5.41) is 7.29. The van der Waals surface area contributed by atoms with E-state index >= 15 is 0 Å². The van der Waals surface area contributed by atoms with Crippen LogP contribution in [0.15, 0.2) is 33.9 Å². The van der Waals surface area contributed by atoms with Gasteiger partial charge in [0, 0.05) is 24.3 Å². The Morgan fingerprint density at radius 1 is 1.27 bits per heavy atom. The third-order valence-electron chi connectivity index (χ3n) is 4.53. The van der Waals surface area contributed by atoms with E-state index in [1.54, 1.807) is 12.3 Å². The van der Waals surface area contributed by atoms with E-state index in [0.717, 1.165) is 22.5 Å². The first kappa shape index (κ1) is 18.9. The lowest BCUT2D eigenvalue weighted by Crippen LogP contribution is -2.40. The van der Waals surface area contributed by atoms with Crippen LogP contribution in [0.5, 0.6) is 0 Å². The molecular weight excluding hydrogens is 354 g/mol. The second kappa shape index (κ2) is 7.77. The predicted octanol–water partition coefficient (Wildman–Crippen LogP) is 2.74. The number of nitrogens with one attached hydrogen (secondary N) is 1. The molecular formula is C18H25N3O4S. The Kier molecular flexibility index (Phi) is 5.64. The first-order valence-electron chi connectivity index (χ1n) is 8.75. The highest BCUT2D eigenvalue weighted by atomic mass is 32.2. The van der Waals surface area contributed by atoms with E-state index in [1.165, 1.54) is 4.31 Å². The number of anilines is 1. The molecule has 3 rings (SSSR count). The van der Waals surface area contributed by atoms with Crippen LogP contribution in [0.4, 0.5) is 5.69 Å². The van der Waals surface area contributed by atoms with Gasteiger partial charge in [0.05, 0.1) is 24.7 Å². The molecule has 1 N–H and O–H groups in total. The van der Waals surface area contributed by atoms with Crippen LogP contribution >= 0.6 is 0 Å². The van der Waals surface area contributed by atoms with Gasteiger partial charge in [0.15, 0.2) is 0 Å². The molecule has 1 fully saturated rings. The predicted molar refractivity (Wildman–Crippen MR) is 98.7 cm³/mol. The number of aromatic nitrogens is 1. The Hall–Kier alpha value is -1.90. The fourth-order valence-corrected chi connectivity index (χ4v) is 4.63. The zero-order valence-corrected chi connectivity index (χ0v) is 16.2. The van der Waals surface area contributed by atoms with Crippen LogP contribution in [0, 0.1) is 6.92 Å². The zero-order chi connectivity index (χ0) is 18.7. The van der Waals surface area contributed by atoms with E-state index in [-0.39, 0.29) is 0 Å². The lowest BCUT2D eigenvalue weighted by Gasteiger charge is -2.27. The van der Waals surface area contributed by atoms with Crippen LogP contribution in [0.25, 0.3) is 0 Å². The standard InChI is InChI=1S/C18H25N3O4S/c1-13(2)16-12-25-20-17(16)11-19-15-5-4-14(3)18(10-15)26(22,23)21-6-8-24-9-7-21/h4-5,10,12-13,19H,6-9,11H2,1-3H3. The topological polar surface area (TPSA) is 84.7 Å². The largest absolute Gasteiger partial charge is 0.379 e. The van der Waals surface area contributed by atoms with Crippen molar-refractivity contribution in [2.75, 3.05) is 31.6 Å².